The third-order valence-corrected chi connectivity index (χ3v) is 3.25. The van der Waals surface area contributed by atoms with Crippen LogP contribution in [0.15, 0.2) is 24.3 Å². The maximum Gasteiger partial charge on any atom is 0.242 e. The number of nitrogens with one attached hydrogen (secondary N) is 1. The Morgan fingerprint density at radius 1 is 1.41 bits per heavy atom. The summed E-state index contributed by atoms with van der Waals surface area (Å²) in [7, 11) is 0. The molecule has 92 valence electrons. The van der Waals surface area contributed by atoms with Crippen molar-refractivity contribution in [2.75, 3.05) is 18.0 Å². The SMILES string of the molecule is CC(N)c1ccc(N2CCNC(=O)C2C)cc1. The van der Waals surface area contributed by atoms with E-state index in [0.717, 1.165) is 17.8 Å². The Labute approximate surface area is 102 Å². The molecule has 3 N–H and O–H groups in total. The third kappa shape index (κ3) is 2.42. The molecule has 4 nitrogen and oxygen atoms in total. The van der Waals surface area contributed by atoms with E-state index in [1.54, 1.807) is 0 Å². The van der Waals surface area contributed by atoms with Crippen LogP contribution in [0.5, 0.6) is 0 Å². The van der Waals surface area contributed by atoms with Gasteiger partial charge in [-0.3, -0.25) is 4.79 Å². The Bertz CT molecular complexity index is 400. The topological polar surface area (TPSA) is 58.4 Å². The molecule has 0 radical (unpaired) electrons. The highest BCUT2D eigenvalue weighted by atomic mass is 16.2. The fourth-order valence-electron chi connectivity index (χ4n) is 2.10. The van der Waals surface area contributed by atoms with Gasteiger partial charge in [-0.05, 0) is 31.5 Å². The van der Waals surface area contributed by atoms with Gasteiger partial charge in [-0.2, -0.15) is 0 Å². The van der Waals surface area contributed by atoms with Crippen LogP contribution >= 0.6 is 0 Å². The maximum atomic E-state index is 11.6. The van der Waals surface area contributed by atoms with Crippen LogP contribution in [0.25, 0.3) is 0 Å². The van der Waals surface area contributed by atoms with Gasteiger partial charge < -0.3 is 16.0 Å². The zero-order valence-electron chi connectivity index (χ0n) is 10.3. The summed E-state index contributed by atoms with van der Waals surface area (Å²) in [5.41, 5.74) is 8.01. The van der Waals surface area contributed by atoms with Crippen molar-refractivity contribution in [3.05, 3.63) is 29.8 Å². The van der Waals surface area contributed by atoms with E-state index in [0.29, 0.717) is 6.54 Å². The van der Waals surface area contributed by atoms with Crippen LogP contribution in [-0.2, 0) is 4.79 Å². The molecule has 1 heterocycles. The van der Waals surface area contributed by atoms with Crippen LogP contribution < -0.4 is 16.0 Å². The van der Waals surface area contributed by atoms with Crippen molar-refractivity contribution in [2.24, 2.45) is 5.73 Å². The van der Waals surface area contributed by atoms with E-state index in [-0.39, 0.29) is 18.0 Å². The minimum absolute atomic E-state index is 0.0473. The number of carbonyl (C=O) groups excluding carboxylic acids is 1. The summed E-state index contributed by atoms with van der Waals surface area (Å²) in [6.45, 7) is 5.45. The van der Waals surface area contributed by atoms with Crippen LogP contribution in [0.4, 0.5) is 5.69 Å². The molecule has 2 rings (SSSR count). The van der Waals surface area contributed by atoms with E-state index in [4.69, 9.17) is 5.73 Å². The first-order chi connectivity index (χ1) is 8.09. The van der Waals surface area contributed by atoms with Crippen molar-refractivity contribution in [1.29, 1.82) is 0 Å². The lowest BCUT2D eigenvalue weighted by Crippen LogP contribution is -2.54. The molecule has 2 atom stereocenters. The lowest BCUT2D eigenvalue weighted by atomic mass is 10.1. The third-order valence-electron chi connectivity index (χ3n) is 3.25. The van der Waals surface area contributed by atoms with E-state index in [1.165, 1.54) is 0 Å². The second-order valence-electron chi connectivity index (χ2n) is 4.54. The first-order valence-electron chi connectivity index (χ1n) is 5.99. The number of piperazine rings is 1. The molecular formula is C13H19N3O. The first-order valence-corrected chi connectivity index (χ1v) is 5.99. The Morgan fingerprint density at radius 3 is 2.65 bits per heavy atom. The maximum absolute atomic E-state index is 11.6. The van der Waals surface area contributed by atoms with Crippen molar-refractivity contribution >= 4 is 11.6 Å². The molecule has 1 fully saturated rings. The van der Waals surface area contributed by atoms with Crippen LogP contribution in [0.2, 0.25) is 0 Å². The van der Waals surface area contributed by atoms with Gasteiger partial charge in [0.2, 0.25) is 5.91 Å². The van der Waals surface area contributed by atoms with Crippen LogP contribution in [0.3, 0.4) is 0 Å². The number of anilines is 1. The fraction of sp³-hybridized carbons (Fsp3) is 0.462. The van der Waals surface area contributed by atoms with Crippen molar-refractivity contribution in [3.63, 3.8) is 0 Å². The average molecular weight is 233 g/mol. The molecule has 1 amide bonds. The quantitative estimate of drug-likeness (QED) is 0.802. The van der Waals surface area contributed by atoms with Crippen molar-refractivity contribution < 1.29 is 4.79 Å². The van der Waals surface area contributed by atoms with Crippen LogP contribution in [0, 0.1) is 0 Å². The number of hydrogen-bond acceptors (Lipinski definition) is 3. The number of rotatable bonds is 2. The van der Waals surface area contributed by atoms with Crippen molar-refractivity contribution in [3.8, 4) is 0 Å². The molecule has 1 aliphatic heterocycles. The van der Waals surface area contributed by atoms with Gasteiger partial charge in [0.1, 0.15) is 6.04 Å². The van der Waals surface area contributed by atoms with Gasteiger partial charge in [0.15, 0.2) is 0 Å². The second kappa shape index (κ2) is 4.75. The number of hydrogen-bond donors (Lipinski definition) is 2. The van der Waals surface area contributed by atoms with E-state index in [1.807, 2.05) is 38.1 Å². The lowest BCUT2D eigenvalue weighted by molar-refractivity contribution is -0.122. The zero-order chi connectivity index (χ0) is 12.4. The van der Waals surface area contributed by atoms with Gasteiger partial charge in [-0.1, -0.05) is 12.1 Å². The van der Waals surface area contributed by atoms with Gasteiger partial charge >= 0.3 is 0 Å². The molecule has 1 aromatic rings. The number of nitrogens with two attached hydrogens (primary N) is 1. The highest BCUT2D eigenvalue weighted by molar-refractivity contribution is 5.86. The van der Waals surface area contributed by atoms with Gasteiger partial charge in [0.25, 0.3) is 0 Å². The zero-order valence-corrected chi connectivity index (χ0v) is 10.3. The average Bonchev–Trinajstić information content (AvgIpc) is 2.33. The fourth-order valence-corrected chi connectivity index (χ4v) is 2.10. The molecule has 1 saturated heterocycles. The molecule has 1 aromatic carbocycles. The molecule has 4 heteroatoms. The molecule has 0 spiro atoms. The number of nitrogens with zero attached hydrogens (tertiary/aromatic N) is 1. The van der Waals surface area contributed by atoms with Crippen molar-refractivity contribution in [2.45, 2.75) is 25.9 Å². The summed E-state index contributed by atoms with van der Waals surface area (Å²) >= 11 is 0. The Morgan fingerprint density at radius 2 is 2.06 bits per heavy atom. The summed E-state index contributed by atoms with van der Waals surface area (Å²) in [4.78, 5) is 13.7. The second-order valence-corrected chi connectivity index (χ2v) is 4.54. The molecule has 2 unspecified atom stereocenters. The Kier molecular flexibility index (Phi) is 3.33. The monoisotopic (exact) mass is 233 g/mol. The number of amides is 1. The molecule has 1 aliphatic rings. The minimum Gasteiger partial charge on any atom is -0.358 e. The highest BCUT2D eigenvalue weighted by Crippen LogP contribution is 2.21. The van der Waals surface area contributed by atoms with E-state index in [9.17, 15) is 4.79 Å². The smallest absolute Gasteiger partial charge is 0.242 e. The van der Waals surface area contributed by atoms with Gasteiger partial charge in [0.05, 0.1) is 0 Å². The summed E-state index contributed by atoms with van der Waals surface area (Å²) in [6, 6.07) is 8.07. The van der Waals surface area contributed by atoms with Gasteiger partial charge in [-0.15, -0.1) is 0 Å². The summed E-state index contributed by atoms with van der Waals surface area (Å²) in [6.07, 6.45) is 0. The first kappa shape index (κ1) is 11.9. The number of benzene rings is 1. The predicted octanol–water partition coefficient (Wildman–Crippen LogP) is 1.03. The largest absolute Gasteiger partial charge is 0.358 e. The summed E-state index contributed by atoms with van der Waals surface area (Å²) in [5.74, 6) is 0.0903. The van der Waals surface area contributed by atoms with Crippen molar-refractivity contribution in [1.82, 2.24) is 5.32 Å². The minimum atomic E-state index is -0.107. The summed E-state index contributed by atoms with van der Waals surface area (Å²) in [5, 5.41) is 2.86. The summed E-state index contributed by atoms with van der Waals surface area (Å²) < 4.78 is 0. The predicted molar refractivity (Wildman–Crippen MR) is 68.9 cm³/mol. The molecule has 0 aliphatic carbocycles. The van der Waals surface area contributed by atoms with Crippen LogP contribution in [0.1, 0.15) is 25.5 Å². The Balaban J connectivity index is 2.19. The van der Waals surface area contributed by atoms with E-state index in [2.05, 4.69) is 10.2 Å². The number of carbonyl (C=O) groups is 1. The molecular weight excluding hydrogens is 214 g/mol. The lowest BCUT2D eigenvalue weighted by Gasteiger charge is -2.34. The van der Waals surface area contributed by atoms with E-state index < -0.39 is 0 Å². The Hall–Kier alpha value is -1.55. The van der Waals surface area contributed by atoms with Gasteiger partial charge in [-0.25, -0.2) is 0 Å². The van der Waals surface area contributed by atoms with E-state index >= 15 is 0 Å². The molecule has 0 aromatic heterocycles. The molecule has 0 saturated carbocycles. The molecule has 0 bridgehead atoms. The van der Waals surface area contributed by atoms with Gasteiger partial charge in [0, 0.05) is 24.8 Å². The molecule has 17 heavy (non-hydrogen) atoms. The highest BCUT2D eigenvalue weighted by Gasteiger charge is 2.25. The van der Waals surface area contributed by atoms with Crippen LogP contribution in [-0.4, -0.2) is 25.0 Å². The standard InChI is InChI=1S/C13H19N3O/c1-9(14)11-3-5-12(6-4-11)16-8-7-15-13(17)10(16)2/h3-6,9-10H,7-8,14H2,1-2H3,(H,15,17). The normalized spacial score (nSPS) is 22.2.